The molecule has 0 aliphatic heterocycles. The number of hydrogen-bond donors (Lipinski definition) is 1. The largest absolute Gasteiger partial charge is 0.494 e. The first-order valence-corrected chi connectivity index (χ1v) is 9.61. The highest BCUT2D eigenvalue weighted by molar-refractivity contribution is 5.93. The topological polar surface area (TPSA) is 55.2 Å². The van der Waals surface area contributed by atoms with Crippen molar-refractivity contribution in [3.8, 4) is 17.1 Å². The summed E-state index contributed by atoms with van der Waals surface area (Å²) in [5, 5.41) is 12.0. The lowest BCUT2D eigenvalue weighted by atomic mass is 9.89. The third-order valence-corrected chi connectivity index (χ3v) is 5.89. The van der Waals surface area contributed by atoms with Gasteiger partial charge in [-0.3, -0.25) is 0 Å². The van der Waals surface area contributed by atoms with Gasteiger partial charge in [-0.15, -0.1) is 0 Å². The molecule has 0 saturated carbocycles. The van der Waals surface area contributed by atoms with Gasteiger partial charge >= 0.3 is 0 Å². The van der Waals surface area contributed by atoms with Crippen LogP contribution in [0.4, 0.5) is 0 Å². The zero-order valence-electron chi connectivity index (χ0n) is 16.3. The van der Waals surface area contributed by atoms with E-state index in [9.17, 15) is 5.11 Å². The van der Waals surface area contributed by atoms with Crippen LogP contribution in [-0.4, -0.2) is 22.2 Å². The van der Waals surface area contributed by atoms with E-state index in [4.69, 9.17) is 14.7 Å². The first-order chi connectivity index (χ1) is 13.6. The van der Waals surface area contributed by atoms with Gasteiger partial charge in [0.1, 0.15) is 11.3 Å². The van der Waals surface area contributed by atoms with E-state index < -0.39 is 0 Å². The molecule has 4 aromatic rings. The Kier molecular flexibility index (Phi) is 3.84. The van der Waals surface area contributed by atoms with E-state index >= 15 is 0 Å². The summed E-state index contributed by atoms with van der Waals surface area (Å²) in [6.45, 7) is 4.18. The number of fused-ring (bicyclic) bond motifs is 5. The summed E-state index contributed by atoms with van der Waals surface area (Å²) in [7, 11) is 1.68. The first kappa shape index (κ1) is 17.1. The van der Waals surface area contributed by atoms with Crippen LogP contribution in [-0.2, 0) is 19.4 Å². The third kappa shape index (κ3) is 2.41. The molecular formula is C24H22N2O2. The van der Waals surface area contributed by atoms with Gasteiger partial charge < -0.3 is 9.84 Å². The van der Waals surface area contributed by atoms with Crippen molar-refractivity contribution in [3.63, 3.8) is 0 Å². The molecule has 5 rings (SSSR count). The molecule has 0 fully saturated rings. The average molecular weight is 370 g/mol. The molecule has 1 N–H and O–H groups in total. The van der Waals surface area contributed by atoms with Crippen molar-refractivity contribution < 1.29 is 9.84 Å². The molecule has 140 valence electrons. The Balaban J connectivity index is 1.84. The molecule has 0 saturated heterocycles. The number of aliphatic hydroxyl groups is 1. The van der Waals surface area contributed by atoms with Crippen LogP contribution in [0.25, 0.3) is 33.2 Å². The summed E-state index contributed by atoms with van der Waals surface area (Å²) in [5.74, 6) is 0.781. The van der Waals surface area contributed by atoms with Gasteiger partial charge in [-0.2, -0.15) is 0 Å². The van der Waals surface area contributed by atoms with Crippen molar-refractivity contribution in [2.24, 2.45) is 0 Å². The van der Waals surface area contributed by atoms with E-state index in [1.807, 2.05) is 12.1 Å². The van der Waals surface area contributed by atoms with Gasteiger partial charge in [0.15, 0.2) is 0 Å². The van der Waals surface area contributed by atoms with E-state index in [0.29, 0.717) is 0 Å². The first-order valence-electron chi connectivity index (χ1n) is 9.61. The molecule has 1 aliphatic carbocycles. The van der Waals surface area contributed by atoms with Gasteiger partial charge in [0.05, 0.1) is 30.6 Å². The number of methoxy groups -OCH3 is 1. The lowest BCUT2D eigenvalue weighted by molar-refractivity contribution is 0.283. The van der Waals surface area contributed by atoms with Crippen molar-refractivity contribution in [2.75, 3.05) is 7.11 Å². The fraction of sp³-hybridized carbons (Fsp3) is 0.250. The van der Waals surface area contributed by atoms with Gasteiger partial charge in [0, 0.05) is 16.3 Å². The Morgan fingerprint density at radius 2 is 1.43 bits per heavy atom. The predicted octanol–water partition coefficient (Wildman–Crippen LogP) is 4.67. The van der Waals surface area contributed by atoms with Crippen LogP contribution >= 0.6 is 0 Å². The number of benzene rings is 2. The minimum Gasteiger partial charge on any atom is -0.494 e. The summed E-state index contributed by atoms with van der Waals surface area (Å²) in [6, 6.07) is 12.5. The van der Waals surface area contributed by atoms with E-state index in [1.165, 1.54) is 22.3 Å². The number of nitrogens with zero attached hydrogens (tertiary/aromatic N) is 2. The van der Waals surface area contributed by atoms with Crippen molar-refractivity contribution in [2.45, 2.75) is 33.3 Å². The summed E-state index contributed by atoms with van der Waals surface area (Å²) in [4.78, 5) is 10.0. The van der Waals surface area contributed by atoms with Crippen LogP contribution < -0.4 is 4.74 Å². The molecule has 0 radical (unpaired) electrons. The molecule has 4 nitrogen and oxygen atoms in total. The normalized spacial score (nSPS) is 12.9. The highest BCUT2D eigenvalue weighted by Crippen LogP contribution is 2.38. The fourth-order valence-corrected chi connectivity index (χ4v) is 4.26. The van der Waals surface area contributed by atoms with Crippen LogP contribution in [0.5, 0.6) is 5.75 Å². The highest BCUT2D eigenvalue weighted by Gasteiger charge is 2.23. The Morgan fingerprint density at radius 1 is 0.857 bits per heavy atom. The molecule has 0 unspecified atom stereocenters. The predicted molar refractivity (Wildman–Crippen MR) is 112 cm³/mol. The summed E-state index contributed by atoms with van der Waals surface area (Å²) in [6.07, 6.45) is 1.90. The maximum Gasteiger partial charge on any atom is 0.145 e. The molecule has 0 spiro atoms. The Morgan fingerprint density at radius 3 is 2.04 bits per heavy atom. The Labute approximate surface area is 163 Å². The van der Waals surface area contributed by atoms with Crippen molar-refractivity contribution in [1.29, 1.82) is 0 Å². The lowest BCUT2D eigenvalue weighted by Crippen LogP contribution is -2.09. The standard InChI is InChI=1S/C24H22N2O2/c1-13-4-6-17(12-27)21-18(13)10-15-7-8-16-11-19-14(2)5-9-20(28-3)24(19)26-23(16)22(15)25-21/h4-6,9-11,27H,7-8,12H2,1-3H3. The second-order valence-corrected chi connectivity index (χ2v) is 7.57. The second kappa shape index (κ2) is 6.28. The van der Waals surface area contributed by atoms with Gasteiger partial charge in [0.25, 0.3) is 0 Å². The number of ether oxygens (including phenoxy) is 1. The quantitative estimate of drug-likeness (QED) is 0.557. The molecule has 28 heavy (non-hydrogen) atoms. The SMILES string of the molecule is COc1ccc(C)c2cc3c(nc12)-c1nc2c(CO)ccc(C)c2cc1CC3. The molecule has 2 heterocycles. The number of aromatic nitrogens is 2. The fourth-order valence-electron chi connectivity index (χ4n) is 4.26. The molecule has 2 aromatic carbocycles. The minimum atomic E-state index is -0.0202. The van der Waals surface area contributed by atoms with Gasteiger partial charge in [-0.25, -0.2) is 9.97 Å². The summed E-state index contributed by atoms with van der Waals surface area (Å²) < 4.78 is 5.57. The molecular weight excluding hydrogens is 348 g/mol. The van der Waals surface area contributed by atoms with Gasteiger partial charge in [0.2, 0.25) is 0 Å². The monoisotopic (exact) mass is 370 g/mol. The maximum atomic E-state index is 9.79. The third-order valence-electron chi connectivity index (χ3n) is 5.89. The number of aliphatic hydroxyl groups excluding tert-OH is 1. The smallest absolute Gasteiger partial charge is 0.145 e. The van der Waals surface area contributed by atoms with Crippen LogP contribution in [0.1, 0.15) is 27.8 Å². The molecule has 0 bridgehead atoms. The van der Waals surface area contributed by atoms with Gasteiger partial charge in [-0.05, 0) is 67.1 Å². The van der Waals surface area contributed by atoms with Crippen LogP contribution in [0.2, 0.25) is 0 Å². The molecule has 0 amide bonds. The van der Waals surface area contributed by atoms with E-state index in [0.717, 1.165) is 57.3 Å². The van der Waals surface area contributed by atoms with Crippen molar-refractivity contribution in [1.82, 2.24) is 9.97 Å². The molecule has 1 aliphatic rings. The number of hydrogen-bond acceptors (Lipinski definition) is 4. The second-order valence-electron chi connectivity index (χ2n) is 7.57. The van der Waals surface area contributed by atoms with E-state index in [2.05, 4.69) is 38.1 Å². The Hall–Kier alpha value is -2.98. The van der Waals surface area contributed by atoms with Crippen LogP contribution in [0.15, 0.2) is 36.4 Å². The Bertz CT molecular complexity index is 1160. The van der Waals surface area contributed by atoms with Crippen LogP contribution in [0.3, 0.4) is 0 Å². The zero-order valence-corrected chi connectivity index (χ0v) is 16.3. The maximum absolute atomic E-state index is 9.79. The van der Waals surface area contributed by atoms with Crippen molar-refractivity contribution >= 4 is 21.8 Å². The van der Waals surface area contributed by atoms with Gasteiger partial charge in [-0.1, -0.05) is 18.2 Å². The highest BCUT2D eigenvalue weighted by atomic mass is 16.5. The summed E-state index contributed by atoms with van der Waals surface area (Å²) >= 11 is 0. The number of pyridine rings is 2. The number of aryl methyl sites for hydroxylation is 4. The molecule has 4 heteroatoms. The van der Waals surface area contributed by atoms with E-state index in [1.54, 1.807) is 7.11 Å². The minimum absolute atomic E-state index is 0.0202. The van der Waals surface area contributed by atoms with Crippen molar-refractivity contribution in [3.05, 3.63) is 64.2 Å². The lowest BCUT2D eigenvalue weighted by Gasteiger charge is -2.21. The zero-order chi connectivity index (χ0) is 19.4. The number of rotatable bonds is 2. The van der Waals surface area contributed by atoms with Crippen LogP contribution in [0, 0.1) is 13.8 Å². The molecule has 2 aromatic heterocycles. The average Bonchev–Trinajstić information content (AvgIpc) is 2.72. The van der Waals surface area contributed by atoms with E-state index in [-0.39, 0.29) is 6.61 Å². The molecule has 0 atom stereocenters. The summed E-state index contributed by atoms with van der Waals surface area (Å²) in [5.41, 5.74) is 9.28.